The molecule has 0 aliphatic heterocycles. The molecule has 1 N–H and O–H groups in total. The molecule has 0 aliphatic carbocycles. The molecule has 1 aromatic rings. The highest BCUT2D eigenvalue weighted by molar-refractivity contribution is 14.1. The third-order valence-electron chi connectivity index (χ3n) is 1.34. The second-order valence-electron chi connectivity index (χ2n) is 2.48. The SMILES string of the molecule is Cc1[nH]c(=O)cc(OC(F)(F)F)c1I. The Hall–Kier alpha value is -0.730. The maximum Gasteiger partial charge on any atom is 0.573 e. The predicted octanol–water partition coefficient (Wildman–Crippen LogP) is 2.19. The molecule has 14 heavy (non-hydrogen) atoms. The van der Waals surface area contributed by atoms with Crippen LogP contribution in [-0.4, -0.2) is 11.3 Å². The van der Waals surface area contributed by atoms with Crippen LogP contribution in [0.5, 0.6) is 5.75 Å². The van der Waals surface area contributed by atoms with E-state index in [0.29, 0.717) is 5.69 Å². The lowest BCUT2D eigenvalue weighted by molar-refractivity contribution is -0.275. The molecule has 0 saturated heterocycles. The van der Waals surface area contributed by atoms with Crippen molar-refractivity contribution < 1.29 is 17.9 Å². The lowest BCUT2D eigenvalue weighted by atomic mass is 10.3. The number of H-pyrrole nitrogens is 1. The summed E-state index contributed by atoms with van der Waals surface area (Å²) in [5, 5.41) is 0. The van der Waals surface area contributed by atoms with Crippen molar-refractivity contribution in [2.24, 2.45) is 0 Å². The van der Waals surface area contributed by atoms with E-state index in [1.165, 1.54) is 6.92 Å². The fourth-order valence-electron chi connectivity index (χ4n) is 0.842. The molecule has 0 aliphatic rings. The predicted molar refractivity (Wildman–Crippen MR) is 51.2 cm³/mol. The Kier molecular flexibility index (Phi) is 3.07. The van der Waals surface area contributed by atoms with Gasteiger partial charge < -0.3 is 9.72 Å². The van der Waals surface area contributed by atoms with Gasteiger partial charge in [0.1, 0.15) is 5.75 Å². The van der Waals surface area contributed by atoms with Crippen LogP contribution in [0.15, 0.2) is 10.9 Å². The second-order valence-corrected chi connectivity index (χ2v) is 3.56. The summed E-state index contributed by atoms with van der Waals surface area (Å²) in [5.74, 6) is -0.473. The summed E-state index contributed by atoms with van der Waals surface area (Å²) < 4.78 is 39.4. The molecule has 0 saturated carbocycles. The Balaban J connectivity index is 3.15. The van der Waals surface area contributed by atoms with Crippen molar-refractivity contribution in [3.63, 3.8) is 0 Å². The third-order valence-corrected chi connectivity index (χ3v) is 2.68. The number of alkyl halides is 3. The molecule has 1 heterocycles. The number of aromatic nitrogens is 1. The normalized spacial score (nSPS) is 11.5. The minimum atomic E-state index is -4.78. The van der Waals surface area contributed by atoms with Gasteiger partial charge in [-0.2, -0.15) is 0 Å². The number of hydrogen-bond acceptors (Lipinski definition) is 2. The van der Waals surface area contributed by atoms with Crippen LogP contribution in [0, 0.1) is 10.5 Å². The molecule has 1 aromatic heterocycles. The van der Waals surface area contributed by atoms with Crippen LogP contribution in [0.25, 0.3) is 0 Å². The molecular formula is C7H5F3INO2. The average molecular weight is 319 g/mol. The van der Waals surface area contributed by atoms with Gasteiger partial charge in [-0.15, -0.1) is 13.2 Å². The minimum absolute atomic E-state index is 0.236. The number of aromatic amines is 1. The first kappa shape index (κ1) is 11.3. The van der Waals surface area contributed by atoms with E-state index in [2.05, 4.69) is 9.72 Å². The van der Waals surface area contributed by atoms with E-state index in [1.54, 1.807) is 22.6 Å². The lowest BCUT2D eigenvalue weighted by Gasteiger charge is -2.10. The van der Waals surface area contributed by atoms with Crippen molar-refractivity contribution in [2.45, 2.75) is 13.3 Å². The Labute approximate surface area is 90.4 Å². The van der Waals surface area contributed by atoms with Crippen LogP contribution in [0.2, 0.25) is 0 Å². The topological polar surface area (TPSA) is 42.1 Å². The number of nitrogens with one attached hydrogen (secondary N) is 1. The van der Waals surface area contributed by atoms with Gasteiger partial charge in [0.2, 0.25) is 0 Å². The van der Waals surface area contributed by atoms with Crippen LogP contribution in [0.3, 0.4) is 0 Å². The number of pyridine rings is 1. The first-order valence-corrected chi connectivity index (χ1v) is 4.52. The maximum atomic E-state index is 11.8. The summed E-state index contributed by atoms with van der Waals surface area (Å²) in [6.45, 7) is 1.49. The zero-order chi connectivity index (χ0) is 10.9. The zero-order valence-corrected chi connectivity index (χ0v) is 9.06. The highest BCUT2D eigenvalue weighted by atomic mass is 127. The highest BCUT2D eigenvalue weighted by Crippen LogP contribution is 2.27. The largest absolute Gasteiger partial charge is 0.573 e. The van der Waals surface area contributed by atoms with E-state index >= 15 is 0 Å². The molecule has 0 atom stereocenters. The van der Waals surface area contributed by atoms with Crippen LogP contribution < -0.4 is 10.3 Å². The van der Waals surface area contributed by atoms with Crippen molar-refractivity contribution in [1.29, 1.82) is 0 Å². The van der Waals surface area contributed by atoms with Crippen LogP contribution in [0.1, 0.15) is 5.69 Å². The summed E-state index contributed by atoms with van der Waals surface area (Å²) in [5.41, 5.74) is -0.278. The van der Waals surface area contributed by atoms with Gasteiger partial charge in [0.25, 0.3) is 5.56 Å². The first-order chi connectivity index (χ1) is 6.29. The molecule has 0 unspecified atom stereocenters. The van der Waals surface area contributed by atoms with Crippen LogP contribution in [0.4, 0.5) is 13.2 Å². The Bertz CT molecular complexity index is 399. The van der Waals surface area contributed by atoms with Gasteiger partial charge in [0.05, 0.1) is 3.57 Å². The minimum Gasteiger partial charge on any atom is -0.404 e. The number of halogens is 4. The van der Waals surface area contributed by atoms with E-state index in [0.717, 1.165) is 6.07 Å². The van der Waals surface area contributed by atoms with Gasteiger partial charge in [0, 0.05) is 11.8 Å². The molecule has 78 valence electrons. The highest BCUT2D eigenvalue weighted by Gasteiger charge is 2.32. The van der Waals surface area contributed by atoms with Gasteiger partial charge >= 0.3 is 6.36 Å². The molecule has 1 rings (SSSR count). The molecule has 3 nitrogen and oxygen atoms in total. The summed E-state index contributed by atoms with van der Waals surface area (Å²) in [7, 11) is 0. The Morgan fingerprint density at radius 2 is 2.07 bits per heavy atom. The van der Waals surface area contributed by atoms with Crippen molar-refractivity contribution in [1.82, 2.24) is 4.98 Å². The number of aryl methyl sites for hydroxylation is 1. The summed E-state index contributed by atoms with van der Waals surface area (Å²) in [4.78, 5) is 13.2. The van der Waals surface area contributed by atoms with Crippen molar-refractivity contribution in [2.75, 3.05) is 0 Å². The zero-order valence-electron chi connectivity index (χ0n) is 6.91. The molecule has 7 heteroatoms. The molecule has 0 bridgehead atoms. The van der Waals surface area contributed by atoms with Crippen LogP contribution >= 0.6 is 22.6 Å². The van der Waals surface area contributed by atoms with Gasteiger partial charge in [-0.05, 0) is 29.5 Å². The Morgan fingerprint density at radius 1 is 1.50 bits per heavy atom. The quantitative estimate of drug-likeness (QED) is 0.806. The fraction of sp³-hybridized carbons (Fsp3) is 0.286. The van der Waals surface area contributed by atoms with Gasteiger partial charge in [-0.3, -0.25) is 4.79 Å². The lowest BCUT2D eigenvalue weighted by Crippen LogP contribution is -2.20. The van der Waals surface area contributed by atoms with Crippen LogP contribution in [-0.2, 0) is 0 Å². The van der Waals surface area contributed by atoms with E-state index < -0.39 is 17.7 Å². The molecule has 0 aromatic carbocycles. The summed E-state index contributed by atoms with van der Waals surface area (Å²) >= 11 is 1.67. The average Bonchev–Trinajstić information content (AvgIpc) is 1.96. The maximum absolute atomic E-state index is 11.8. The van der Waals surface area contributed by atoms with Gasteiger partial charge in [0.15, 0.2) is 0 Å². The van der Waals surface area contributed by atoms with Crippen molar-refractivity contribution in [3.8, 4) is 5.75 Å². The fourth-order valence-corrected chi connectivity index (χ4v) is 1.24. The van der Waals surface area contributed by atoms with E-state index in [1.807, 2.05) is 0 Å². The van der Waals surface area contributed by atoms with E-state index in [9.17, 15) is 18.0 Å². The summed E-state index contributed by atoms with van der Waals surface area (Å²) in [6.07, 6.45) is -4.78. The standard InChI is InChI=1S/C7H5F3INO2/c1-3-6(11)4(2-5(13)12-3)14-7(8,9)10/h2H,1H3,(H,12,13). The molecule has 0 radical (unpaired) electrons. The van der Waals surface area contributed by atoms with E-state index in [4.69, 9.17) is 0 Å². The molecular weight excluding hydrogens is 314 g/mol. The molecule has 0 fully saturated rings. The van der Waals surface area contributed by atoms with Crippen molar-refractivity contribution >= 4 is 22.6 Å². The summed E-state index contributed by atoms with van der Waals surface area (Å²) in [6, 6.07) is 0.766. The number of hydrogen-bond donors (Lipinski definition) is 1. The number of ether oxygens (including phenoxy) is 1. The van der Waals surface area contributed by atoms with Gasteiger partial charge in [-0.1, -0.05) is 0 Å². The number of rotatable bonds is 1. The third kappa shape index (κ3) is 2.89. The smallest absolute Gasteiger partial charge is 0.404 e. The second kappa shape index (κ2) is 3.79. The molecule has 0 spiro atoms. The molecule has 0 amide bonds. The Morgan fingerprint density at radius 3 is 2.57 bits per heavy atom. The van der Waals surface area contributed by atoms with E-state index in [-0.39, 0.29) is 3.57 Å². The van der Waals surface area contributed by atoms with Crippen molar-refractivity contribution in [3.05, 3.63) is 25.7 Å². The van der Waals surface area contributed by atoms with Gasteiger partial charge in [-0.25, -0.2) is 0 Å². The first-order valence-electron chi connectivity index (χ1n) is 3.45. The monoisotopic (exact) mass is 319 g/mol.